The Morgan fingerprint density at radius 3 is 2.62 bits per heavy atom. The van der Waals surface area contributed by atoms with Crippen LogP contribution in [-0.4, -0.2) is 75.7 Å². The van der Waals surface area contributed by atoms with E-state index >= 15 is 4.39 Å². The highest BCUT2D eigenvalue weighted by Crippen LogP contribution is 2.42. The number of aromatic nitrogens is 1. The molecule has 0 N–H and O–H groups in total. The molecular formula is C21H25FN4O6. The number of benzene rings is 1. The molecule has 1 aromatic carbocycles. The summed E-state index contributed by atoms with van der Waals surface area (Å²) in [5.41, 5.74) is 0.823. The molecule has 4 heterocycles. The van der Waals surface area contributed by atoms with Crippen molar-refractivity contribution in [2.24, 2.45) is 4.99 Å². The molecule has 3 fully saturated rings. The number of nitrogens with zero attached hydrogens (tertiary/aromatic N) is 4. The highest BCUT2D eigenvalue weighted by Gasteiger charge is 2.38. The molecule has 11 heteroatoms. The molecule has 0 spiro atoms. The standard InChI is InChI=1S/C21H25FN4O6/c1-11-8-25(9-12(2)30-11)17-14(20-28-4-5-29-20)6-15-18(16(17)22)32-24-19(15)26-10-13(7-23-3)31-21(26)27/h6,11-13,20H,3-5,7-10H2,1-2H3/t11-,12-,13+/m1/s1. The lowest BCUT2D eigenvalue weighted by Gasteiger charge is -2.38. The number of aliphatic imine (C=N–C) groups is 1. The molecule has 32 heavy (non-hydrogen) atoms. The van der Waals surface area contributed by atoms with E-state index in [1.807, 2.05) is 18.7 Å². The fourth-order valence-corrected chi connectivity index (χ4v) is 4.56. The van der Waals surface area contributed by atoms with Crippen LogP contribution in [0.25, 0.3) is 11.0 Å². The number of anilines is 2. The van der Waals surface area contributed by atoms with Gasteiger partial charge in [0.25, 0.3) is 0 Å². The minimum Gasteiger partial charge on any atom is -0.442 e. The number of halogens is 1. The molecule has 3 aliphatic rings. The second kappa shape index (κ2) is 8.30. The molecule has 0 saturated carbocycles. The van der Waals surface area contributed by atoms with E-state index in [0.717, 1.165) is 0 Å². The first-order chi connectivity index (χ1) is 15.5. The van der Waals surface area contributed by atoms with Crippen LogP contribution in [-0.2, 0) is 18.9 Å². The molecule has 3 aliphatic heterocycles. The van der Waals surface area contributed by atoms with Crippen molar-refractivity contribution >= 4 is 35.3 Å². The normalized spacial score (nSPS) is 26.8. The molecule has 3 atom stereocenters. The number of cyclic esters (lactones) is 1. The maximum absolute atomic E-state index is 15.9. The van der Waals surface area contributed by atoms with E-state index in [-0.39, 0.29) is 36.7 Å². The number of rotatable bonds is 5. The monoisotopic (exact) mass is 448 g/mol. The smallest absolute Gasteiger partial charge is 0.416 e. The van der Waals surface area contributed by atoms with Crippen molar-refractivity contribution in [3.8, 4) is 0 Å². The Balaban J connectivity index is 1.61. The summed E-state index contributed by atoms with van der Waals surface area (Å²) in [7, 11) is 0. The third-order valence-corrected chi connectivity index (χ3v) is 5.76. The lowest BCUT2D eigenvalue weighted by Crippen LogP contribution is -2.46. The van der Waals surface area contributed by atoms with Gasteiger partial charge in [0.2, 0.25) is 5.58 Å². The maximum Gasteiger partial charge on any atom is 0.416 e. The first kappa shape index (κ1) is 21.1. The van der Waals surface area contributed by atoms with Crippen molar-refractivity contribution in [3.63, 3.8) is 0 Å². The highest BCUT2D eigenvalue weighted by molar-refractivity contribution is 6.00. The SMILES string of the molecule is C=NC[C@H]1CN(c2noc3c(F)c(N4C[C@@H](C)O[C@H](C)C4)c(C4OCCO4)cc23)C(=O)O1. The van der Waals surface area contributed by atoms with Crippen LogP contribution < -0.4 is 9.80 Å². The minimum atomic E-state index is -0.733. The zero-order valence-electron chi connectivity index (χ0n) is 18.0. The van der Waals surface area contributed by atoms with Gasteiger partial charge in [0.05, 0.1) is 49.6 Å². The van der Waals surface area contributed by atoms with Crippen molar-refractivity contribution < 1.29 is 32.7 Å². The quantitative estimate of drug-likeness (QED) is 0.644. The molecule has 0 bridgehead atoms. The third kappa shape index (κ3) is 3.59. The first-order valence-corrected chi connectivity index (χ1v) is 10.6. The molecule has 0 unspecified atom stereocenters. The molecule has 10 nitrogen and oxygen atoms in total. The second-order valence-corrected chi connectivity index (χ2v) is 8.27. The maximum atomic E-state index is 15.9. The number of amides is 1. The molecule has 2 aromatic rings. The van der Waals surface area contributed by atoms with E-state index in [0.29, 0.717) is 42.9 Å². The van der Waals surface area contributed by atoms with E-state index in [9.17, 15) is 4.79 Å². The van der Waals surface area contributed by atoms with Crippen molar-refractivity contribution in [3.05, 3.63) is 17.4 Å². The van der Waals surface area contributed by atoms with Crippen LogP contribution in [0.2, 0.25) is 0 Å². The van der Waals surface area contributed by atoms with E-state index in [2.05, 4.69) is 16.9 Å². The molecule has 172 valence electrons. The summed E-state index contributed by atoms with van der Waals surface area (Å²) in [6.07, 6.45) is -1.93. The van der Waals surface area contributed by atoms with Gasteiger partial charge < -0.3 is 28.4 Å². The molecular weight excluding hydrogens is 423 g/mol. The van der Waals surface area contributed by atoms with E-state index in [4.69, 9.17) is 23.5 Å². The van der Waals surface area contributed by atoms with Crippen LogP contribution in [0.1, 0.15) is 25.7 Å². The Bertz CT molecular complexity index is 1030. The lowest BCUT2D eigenvalue weighted by molar-refractivity contribution is -0.0445. The van der Waals surface area contributed by atoms with E-state index in [1.54, 1.807) is 6.07 Å². The number of fused-ring (bicyclic) bond motifs is 1. The van der Waals surface area contributed by atoms with Gasteiger partial charge in [-0.05, 0) is 26.6 Å². The molecule has 0 radical (unpaired) electrons. The summed E-state index contributed by atoms with van der Waals surface area (Å²) in [6, 6.07) is 1.73. The fourth-order valence-electron chi connectivity index (χ4n) is 4.56. The van der Waals surface area contributed by atoms with Gasteiger partial charge in [0.1, 0.15) is 6.10 Å². The molecule has 1 aromatic heterocycles. The van der Waals surface area contributed by atoms with Crippen LogP contribution in [0.5, 0.6) is 0 Å². The summed E-state index contributed by atoms with van der Waals surface area (Å²) in [5, 5.41) is 4.35. The number of hydrogen-bond acceptors (Lipinski definition) is 9. The number of carbonyl (C=O) groups excluding carboxylic acids is 1. The van der Waals surface area contributed by atoms with Crippen LogP contribution >= 0.6 is 0 Å². The summed E-state index contributed by atoms with van der Waals surface area (Å²) in [6.45, 7) is 9.62. The van der Waals surface area contributed by atoms with Crippen molar-refractivity contribution in [2.75, 3.05) is 49.2 Å². The van der Waals surface area contributed by atoms with Crippen LogP contribution in [0.4, 0.5) is 20.7 Å². The Hall–Kier alpha value is -2.76. The number of ether oxygens (including phenoxy) is 4. The topological polar surface area (TPSA) is 98.9 Å². The van der Waals surface area contributed by atoms with Crippen molar-refractivity contribution in [1.29, 1.82) is 0 Å². The predicted octanol–water partition coefficient (Wildman–Crippen LogP) is 2.65. The third-order valence-electron chi connectivity index (χ3n) is 5.76. The van der Waals surface area contributed by atoms with Gasteiger partial charge in [-0.1, -0.05) is 5.16 Å². The molecule has 1 amide bonds. The average Bonchev–Trinajstić information content (AvgIpc) is 3.47. The zero-order chi connectivity index (χ0) is 22.4. The Labute approximate surface area is 183 Å². The largest absolute Gasteiger partial charge is 0.442 e. The number of carbonyl (C=O) groups is 1. The Morgan fingerprint density at radius 2 is 1.94 bits per heavy atom. The molecule has 0 aliphatic carbocycles. The van der Waals surface area contributed by atoms with Gasteiger partial charge in [-0.25, -0.2) is 9.18 Å². The lowest BCUT2D eigenvalue weighted by atomic mass is 10.0. The number of morpholine rings is 1. The van der Waals surface area contributed by atoms with Gasteiger partial charge in [-0.15, -0.1) is 0 Å². The van der Waals surface area contributed by atoms with E-state index < -0.39 is 24.3 Å². The summed E-state index contributed by atoms with van der Waals surface area (Å²) >= 11 is 0. The predicted molar refractivity (Wildman–Crippen MR) is 113 cm³/mol. The van der Waals surface area contributed by atoms with Crippen molar-refractivity contribution in [2.45, 2.75) is 38.4 Å². The Kier molecular flexibility index (Phi) is 5.48. The summed E-state index contributed by atoms with van der Waals surface area (Å²) in [4.78, 5) is 19.4. The fraction of sp³-hybridized carbons (Fsp3) is 0.571. The zero-order valence-corrected chi connectivity index (χ0v) is 18.0. The molecule has 3 saturated heterocycles. The highest BCUT2D eigenvalue weighted by atomic mass is 19.1. The molecule has 5 rings (SSSR count). The van der Waals surface area contributed by atoms with Crippen LogP contribution in [0.3, 0.4) is 0 Å². The van der Waals surface area contributed by atoms with Gasteiger partial charge in [-0.2, -0.15) is 0 Å². The van der Waals surface area contributed by atoms with Gasteiger partial charge in [0, 0.05) is 18.7 Å². The van der Waals surface area contributed by atoms with Crippen LogP contribution in [0, 0.1) is 5.82 Å². The minimum absolute atomic E-state index is 0.0401. The van der Waals surface area contributed by atoms with Crippen LogP contribution in [0.15, 0.2) is 15.6 Å². The van der Waals surface area contributed by atoms with Gasteiger partial charge in [-0.3, -0.25) is 9.89 Å². The first-order valence-electron chi connectivity index (χ1n) is 10.6. The summed E-state index contributed by atoms with van der Waals surface area (Å²) < 4.78 is 43.9. The Morgan fingerprint density at radius 1 is 1.22 bits per heavy atom. The average molecular weight is 448 g/mol. The van der Waals surface area contributed by atoms with Gasteiger partial charge >= 0.3 is 6.09 Å². The number of hydrogen-bond donors (Lipinski definition) is 0. The van der Waals surface area contributed by atoms with Gasteiger partial charge in [0.15, 0.2) is 17.9 Å². The second-order valence-electron chi connectivity index (χ2n) is 8.27. The van der Waals surface area contributed by atoms with Crippen molar-refractivity contribution in [1.82, 2.24) is 5.16 Å². The summed E-state index contributed by atoms with van der Waals surface area (Å²) in [5.74, 6) is -0.390. The van der Waals surface area contributed by atoms with E-state index in [1.165, 1.54) is 4.90 Å².